The van der Waals surface area contributed by atoms with E-state index in [4.69, 9.17) is 5.73 Å². The van der Waals surface area contributed by atoms with E-state index in [1.807, 2.05) is 0 Å². The number of sulfonamides is 1. The summed E-state index contributed by atoms with van der Waals surface area (Å²) < 4.78 is 65.1. The maximum Gasteiger partial charge on any atom is 0.416 e. The highest BCUT2D eigenvalue weighted by Gasteiger charge is 2.31. The first-order chi connectivity index (χ1) is 16.4. The number of rotatable bonds is 11. The van der Waals surface area contributed by atoms with Gasteiger partial charge in [-0.25, -0.2) is 13.1 Å². The van der Waals surface area contributed by atoms with Crippen molar-refractivity contribution in [2.75, 3.05) is 29.9 Å². The topological polar surface area (TPSA) is 126 Å². The Balaban J connectivity index is 2.27. The van der Waals surface area contributed by atoms with Crippen LogP contribution in [-0.4, -0.2) is 39.0 Å². The smallest absolute Gasteiger partial charge is 0.397 e. The summed E-state index contributed by atoms with van der Waals surface area (Å²) in [6.07, 6.45) is -3.49. The third-order valence-corrected chi connectivity index (χ3v) is 6.24. The molecular weight excluding hydrogens is 483 g/mol. The SMILES string of the molecule is C=CC(=NC(CC(=O)NCCNS(=O)(=O)CC)c1cccc(C(F)(F)F)c1)Nc1ccccc1N. The van der Waals surface area contributed by atoms with Crippen molar-refractivity contribution in [2.45, 2.75) is 25.6 Å². The van der Waals surface area contributed by atoms with Gasteiger partial charge < -0.3 is 16.4 Å². The molecule has 0 bridgehead atoms. The van der Waals surface area contributed by atoms with Gasteiger partial charge in [0.25, 0.3) is 0 Å². The van der Waals surface area contributed by atoms with Crippen molar-refractivity contribution in [3.05, 3.63) is 72.3 Å². The Morgan fingerprint density at radius 3 is 2.51 bits per heavy atom. The number of aliphatic imine (C=N–C) groups is 1. The molecule has 0 aromatic heterocycles. The Morgan fingerprint density at radius 1 is 1.17 bits per heavy atom. The Morgan fingerprint density at radius 2 is 1.89 bits per heavy atom. The number of alkyl halides is 3. The molecule has 0 saturated carbocycles. The molecule has 0 spiro atoms. The lowest BCUT2D eigenvalue weighted by atomic mass is 10.0. The van der Waals surface area contributed by atoms with Crippen LogP contribution in [-0.2, 0) is 21.0 Å². The molecule has 2 aromatic carbocycles. The largest absolute Gasteiger partial charge is 0.416 e. The minimum atomic E-state index is -4.57. The molecule has 0 heterocycles. The molecule has 5 N–H and O–H groups in total. The number of amides is 1. The molecule has 35 heavy (non-hydrogen) atoms. The zero-order chi connectivity index (χ0) is 26.1. The summed E-state index contributed by atoms with van der Waals surface area (Å²) in [7, 11) is -3.41. The van der Waals surface area contributed by atoms with Crippen molar-refractivity contribution in [1.29, 1.82) is 0 Å². The predicted octanol–water partition coefficient (Wildman–Crippen LogP) is 3.47. The zero-order valence-electron chi connectivity index (χ0n) is 19.1. The number of nitrogens with one attached hydrogen (secondary N) is 3. The van der Waals surface area contributed by atoms with E-state index in [0.717, 1.165) is 12.1 Å². The quantitative estimate of drug-likeness (QED) is 0.159. The van der Waals surface area contributed by atoms with E-state index in [0.29, 0.717) is 11.4 Å². The third kappa shape index (κ3) is 9.06. The summed E-state index contributed by atoms with van der Waals surface area (Å²) >= 11 is 0. The normalized spacial score (nSPS) is 13.2. The Bertz CT molecular complexity index is 1170. The second-order valence-corrected chi connectivity index (χ2v) is 9.52. The van der Waals surface area contributed by atoms with Gasteiger partial charge in [0, 0.05) is 13.1 Å². The summed E-state index contributed by atoms with van der Waals surface area (Å²) in [6, 6.07) is 10.4. The monoisotopic (exact) mass is 511 g/mol. The Kier molecular flexibility index (Phi) is 9.84. The number of nitrogen functional groups attached to an aromatic ring is 1. The van der Waals surface area contributed by atoms with Crippen LogP contribution in [0, 0.1) is 0 Å². The highest BCUT2D eigenvalue weighted by Crippen LogP contribution is 2.32. The molecule has 12 heteroatoms. The van der Waals surface area contributed by atoms with Crippen LogP contribution < -0.4 is 21.1 Å². The number of hydrogen-bond donors (Lipinski definition) is 4. The lowest BCUT2D eigenvalue weighted by Gasteiger charge is -2.17. The van der Waals surface area contributed by atoms with Gasteiger partial charge >= 0.3 is 6.18 Å². The van der Waals surface area contributed by atoms with Crippen LogP contribution in [0.4, 0.5) is 24.5 Å². The number of amidine groups is 1. The molecule has 1 amide bonds. The predicted molar refractivity (Wildman–Crippen MR) is 131 cm³/mol. The first-order valence-electron chi connectivity index (χ1n) is 10.7. The van der Waals surface area contributed by atoms with E-state index < -0.39 is 33.7 Å². The van der Waals surface area contributed by atoms with Crippen molar-refractivity contribution < 1.29 is 26.4 Å². The third-order valence-electron chi connectivity index (χ3n) is 4.84. The number of carbonyl (C=O) groups excluding carboxylic acids is 1. The number of carbonyl (C=O) groups is 1. The fourth-order valence-corrected chi connectivity index (χ4v) is 3.59. The fourth-order valence-electron chi connectivity index (χ4n) is 2.97. The van der Waals surface area contributed by atoms with E-state index in [1.165, 1.54) is 25.1 Å². The lowest BCUT2D eigenvalue weighted by Crippen LogP contribution is -2.35. The Hall–Kier alpha value is -3.38. The molecule has 2 aromatic rings. The molecule has 0 aliphatic carbocycles. The number of benzene rings is 2. The van der Waals surface area contributed by atoms with Crippen LogP contribution in [0.2, 0.25) is 0 Å². The summed E-state index contributed by atoms with van der Waals surface area (Å²) in [6.45, 7) is 5.14. The van der Waals surface area contributed by atoms with E-state index in [1.54, 1.807) is 24.3 Å². The average Bonchev–Trinajstić information content (AvgIpc) is 2.81. The number of hydrogen-bond acceptors (Lipinski definition) is 5. The van der Waals surface area contributed by atoms with Crippen LogP contribution in [0.25, 0.3) is 0 Å². The van der Waals surface area contributed by atoms with Crippen LogP contribution in [0.1, 0.15) is 30.5 Å². The summed E-state index contributed by atoms with van der Waals surface area (Å²) in [5.74, 6) is -0.417. The second kappa shape index (κ2) is 12.4. The molecule has 1 unspecified atom stereocenters. The number of anilines is 2. The van der Waals surface area contributed by atoms with E-state index in [9.17, 15) is 26.4 Å². The average molecular weight is 512 g/mol. The number of halogens is 3. The molecule has 1 atom stereocenters. The van der Waals surface area contributed by atoms with Gasteiger partial charge in [0.1, 0.15) is 5.84 Å². The molecule has 0 saturated heterocycles. The minimum absolute atomic E-state index is 0.00417. The van der Waals surface area contributed by atoms with Crippen LogP contribution in [0.3, 0.4) is 0 Å². The van der Waals surface area contributed by atoms with Gasteiger partial charge in [0.15, 0.2) is 0 Å². The van der Waals surface area contributed by atoms with Crippen molar-refractivity contribution in [2.24, 2.45) is 4.99 Å². The highest BCUT2D eigenvalue weighted by molar-refractivity contribution is 7.89. The van der Waals surface area contributed by atoms with Gasteiger partial charge in [0.05, 0.1) is 35.2 Å². The molecule has 0 fully saturated rings. The Labute approximate surface area is 202 Å². The van der Waals surface area contributed by atoms with Gasteiger partial charge in [-0.2, -0.15) is 13.2 Å². The van der Waals surface area contributed by atoms with Gasteiger partial charge in [-0.05, 0) is 42.8 Å². The molecule has 2 rings (SSSR count). The van der Waals surface area contributed by atoms with Crippen LogP contribution in [0.15, 0.2) is 66.2 Å². The first-order valence-corrected chi connectivity index (χ1v) is 12.3. The summed E-state index contributed by atoms with van der Waals surface area (Å²) in [4.78, 5) is 17.0. The minimum Gasteiger partial charge on any atom is -0.397 e. The van der Waals surface area contributed by atoms with Crippen LogP contribution >= 0.6 is 0 Å². The molecule has 0 aliphatic heterocycles. The molecule has 0 aliphatic rings. The number of para-hydroxylation sites is 2. The first kappa shape index (κ1) is 27.9. The summed E-state index contributed by atoms with van der Waals surface area (Å²) in [5.41, 5.74) is 6.17. The molecule has 0 radical (unpaired) electrons. The van der Waals surface area contributed by atoms with E-state index in [-0.39, 0.29) is 36.7 Å². The van der Waals surface area contributed by atoms with Crippen molar-refractivity contribution >= 4 is 33.1 Å². The maximum atomic E-state index is 13.3. The van der Waals surface area contributed by atoms with Crippen molar-refractivity contribution in [3.63, 3.8) is 0 Å². The lowest BCUT2D eigenvalue weighted by molar-refractivity contribution is -0.137. The van der Waals surface area contributed by atoms with Crippen LogP contribution in [0.5, 0.6) is 0 Å². The van der Waals surface area contributed by atoms with E-state index >= 15 is 0 Å². The molecule has 190 valence electrons. The number of nitrogens with two attached hydrogens (primary N) is 1. The second-order valence-electron chi connectivity index (χ2n) is 7.42. The van der Waals surface area contributed by atoms with Gasteiger partial charge in [-0.3, -0.25) is 9.79 Å². The number of nitrogens with zero attached hydrogens (tertiary/aromatic N) is 1. The fraction of sp³-hybridized carbons (Fsp3) is 0.304. The summed E-state index contributed by atoms with van der Waals surface area (Å²) in [5, 5.41) is 5.52. The van der Waals surface area contributed by atoms with E-state index in [2.05, 4.69) is 26.9 Å². The maximum absolute atomic E-state index is 13.3. The molecule has 8 nitrogen and oxygen atoms in total. The van der Waals surface area contributed by atoms with Gasteiger partial charge in [-0.15, -0.1) is 0 Å². The zero-order valence-corrected chi connectivity index (χ0v) is 19.9. The molecular formula is C23H28F3N5O3S. The standard InChI is InChI=1S/C23H28F3N5O3S/c1-3-21(30-19-11-6-5-10-18(19)27)31-20(16-8-7-9-17(14-16)23(24,25)26)15-22(32)28-12-13-29-35(33,34)4-2/h3,5-11,14,20,29H,1,4,12-13,15,27H2,2H3,(H,28,32)(H,30,31). The van der Waals surface area contributed by atoms with Crippen molar-refractivity contribution in [3.8, 4) is 0 Å². The van der Waals surface area contributed by atoms with Crippen molar-refractivity contribution in [1.82, 2.24) is 10.0 Å². The van der Waals surface area contributed by atoms with Gasteiger partial charge in [0.2, 0.25) is 15.9 Å². The van der Waals surface area contributed by atoms with Gasteiger partial charge in [-0.1, -0.05) is 30.8 Å². The highest BCUT2D eigenvalue weighted by atomic mass is 32.2.